The maximum Gasteiger partial charge on any atom is 0.238 e. The van der Waals surface area contributed by atoms with Crippen molar-refractivity contribution in [3.05, 3.63) is 16.9 Å². The molecule has 2 aromatic rings. The Hall–Kier alpha value is -1.57. The summed E-state index contributed by atoms with van der Waals surface area (Å²) in [7, 11) is 1.81. The van der Waals surface area contributed by atoms with Crippen LogP contribution in [0.2, 0.25) is 0 Å². The van der Waals surface area contributed by atoms with Crippen LogP contribution in [0.1, 0.15) is 5.82 Å². The molecule has 0 amide bonds. The summed E-state index contributed by atoms with van der Waals surface area (Å²) in [5.74, 6) is 0.671. The summed E-state index contributed by atoms with van der Waals surface area (Å²) in [6, 6.07) is 0. The van der Waals surface area contributed by atoms with Crippen LogP contribution in [0, 0.1) is 4.77 Å². The highest BCUT2D eigenvalue weighted by Gasteiger charge is 2.01. The Morgan fingerprint density at radius 3 is 3.00 bits per heavy atom. The fourth-order valence-electron chi connectivity index (χ4n) is 0.917. The first-order valence-corrected chi connectivity index (χ1v) is 3.99. The summed E-state index contributed by atoms with van der Waals surface area (Å²) in [4.78, 5) is 4.04. The highest BCUT2D eigenvalue weighted by Crippen LogP contribution is 1.92. The lowest BCUT2D eigenvalue weighted by Gasteiger charge is -1.93. The smallest absolute Gasteiger partial charge is 0.238 e. The van der Waals surface area contributed by atoms with Gasteiger partial charge in [0.1, 0.15) is 12.9 Å². The number of nitrogens with zero attached hydrogens (tertiary/aromatic N) is 6. The van der Waals surface area contributed by atoms with Crippen LogP contribution in [0.3, 0.4) is 0 Å². The number of aromatic amines is 1. The van der Waals surface area contributed by atoms with Gasteiger partial charge >= 0.3 is 0 Å². The molecule has 0 aromatic carbocycles. The van der Waals surface area contributed by atoms with Crippen molar-refractivity contribution in [1.29, 1.82) is 0 Å². The van der Waals surface area contributed by atoms with Gasteiger partial charge < -0.3 is 0 Å². The lowest BCUT2D eigenvalue weighted by Crippen LogP contribution is -2.04. The minimum Gasteiger partial charge on any atom is -0.256 e. The third-order valence-corrected chi connectivity index (χ3v) is 1.78. The van der Waals surface area contributed by atoms with Crippen molar-refractivity contribution in [1.82, 2.24) is 35.0 Å². The van der Waals surface area contributed by atoms with E-state index in [9.17, 15) is 0 Å². The Morgan fingerprint density at radius 2 is 2.46 bits per heavy atom. The second-order valence-corrected chi connectivity index (χ2v) is 2.87. The van der Waals surface area contributed by atoms with E-state index in [1.54, 1.807) is 22.7 Å². The molecule has 0 spiro atoms. The van der Waals surface area contributed by atoms with E-state index in [0.29, 0.717) is 17.1 Å². The molecule has 0 bridgehead atoms. The molecule has 0 radical (unpaired) electrons. The maximum atomic E-state index is 4.89. The molecule has 13 heavy (non-hydrogen) atoms. The molecule has 0 unspecified atom stereocenters. The summed E-state index contributed by atoms with van der Waals surface area (Å²) in [6.45, 7) is 0.465. The van der Waals surface area contributed by atoms with Crippen molar-refractivity contribution >= 4 is 12.2 Å². The van der Waals surface area contributed by atoms with Crippen LogP contribution < -0.4 is 0 Å². The van der Waals surface area contributed by atoms with E-state index in [4.69, 9.17) is 12.2 Å². The zero-order chi connectivity index (χ0) is 9.26. The van der Waals surface area contributed by atoms with Gasteiger partial charge in [-0.1, -0.05) is 10.3 Å². The van der Waals surface area contributed by atoms with Crippen molar-refractivity contribution in [2.45, 2.75) is 6.54 Å². The van der Waals surface area contributed by atoms with E-state index in [0.717, 1.165) is 0 Å². The van der Waals surface area contributed by atoms with Gasteiger partial charge in [0.2, 0.25) is 4.77 Å². The maximum absolute atomic E-state index is 4.89. The van der Waals surface area contributed by atoms with Gasteiger partial charge in [-0.05, 0) is 12.2 Å². The lowest BCUT2D eigenvalue weighted by molar-refractivity contribution is 0.611. The molecule has 2 heterocycles. The molecular weight excluding hydrogens is 190 g/mol. The fraction of sp³-hybridized carbons (Fsp3) is 0.400. The van der Waals surface area contributed by atoms with E-state index in [2.05, 4.69) is 25.6 Å². The molecule has 7 nitrogen and oxygen atoms in total. The third-order valence-electron chi connectivity index (χ3n) is 1.48. The molecule has 0 saturated carbocycles. The van der Waals surface area contributed by atoms with Crippen molar-refractivity contribution in [3.63, 3.8) is 0 Å². The van der Waals surface area contributed by atoms with Crippen LogP contribution in [0.5, 0.6) is 0 Å². The predicted molar refractivity (Wildman–Crippen MR) is 45.3 cm³/mol. The van der Waals surface area contributed by atoms with Gasteiger partial charge in [0.15, 0.2) is 5.82 Å². The fourth-order valence-corrected chi connectivity index (χ4v) is 1.06. The second kappa shape index (κ2) is 3.05. The van der Waals surface area contributed by atoms with Crippen LogP contribution in [0.4, 0.5) is 0 Å². The predicted octanol–water partition coefficient (Wildman–Crippen LogP) is -0.488. The van der Waals surface area contributed by atoms with E-state index in [1.807, 2.05) is 0 Å². The van der Waals surface area contributed by atoms with Gasteiger partial charge in [-0.3, -0.25) is 4.68 Å². The van der Waals surface area contributed by atoms with Crippen molar-refractivity contribution in [2.75, 3.05) is 0 Å². The molecule has 0 fully saturated rings. The van der Waals surface area contributed by atoms with Crippen LogP contribution >= 0.6 is 12.2 Å². The molecule has 0 atom stereocenters. The molecule has 2 aromatic heterocycles. The number of aryl methyl sites for hydroxylation is 1. The summed E-state index contributed by atoms with van der Waals surface area (Å²) in [5.41, 5.74) is 0. The number of hydrogen-bond donors (Lipinski definition) is 1. The molecule has 68 valence electrons. The number of rotatable bonds is 2. The van der Waals surface area contributed by atoms with E-state index in [1.165, 1.54) is 0 Å². The largest absolute Gasteiger partial charge is 0.256 e. The molecule has 8 heteroatoms. The summed E-state index contributed by atoms with van der Waals surface area (Å²) in [6.07, 6.45) is 1.63. The Balaban J connectivity index is 2.24. The van der Waals surface area contributed by atoms with Crippen LogP contribution in [0.25, 0.3) is 0 Å². The first-order chi connectivity index (χ1) is 6.25. The number of hydrogen-bond acceptors (Lipinski definition) is 5. The van der Waals surface area contributed by atoms with E-state index in [-0.39, 0.29) is 0 Å². The lowest BCUT2D eigenvalue weighted by atomic mass is 10.6. The summed E-state index contributed by atoms with van der Waals surface area (Å²) in [5, 5.41) is 13.9. The zero-order valence-corrected chi connectivity index (χ0v) is 7.69. The summed E-state index contributed by atoms with van der Waals surface area (Å²) < 4.78 is 3.61. The van der Waals surface area contributed by atoms with Crippen molar-refractivity contribution in [2.24, 2.45) is 7.05 Å². The highest BCUT2D eigenvalue weighted by molar-refractivity contribution is 7.71. The van der Waals surface area contributed by atoms with Crippen LogP contribution in [-0.4, -0.2) is 35.0 Å². The van der Waals surface area contributed by atoms with E-state index < -0.39 is 0 Å². The summed E-state index contributed by atoms with van der Waals surface area (Å²) >= 11 is 4.89. The Labute approximate surface area is 78.4 Å². The van der Waals surface area contributed by atoms with Gasteiger partial charge in [-0.15, -0.1) is 0 Å². The second-order valence-electron chi connectivity index (χ2n) is 2.50. The van der Waals surface area contributed by atoms with Crippen LogP contribution in [0.15, 0.2) is 6.33 Å². The Kier molecular flexibility index (Phi) is 1.89. The first kappa shape index (κ1) is 8.05. The molecule has 0 aliphatic heterocycles. The van der Waals surface area contributed by atoms with Gasteiger partial charge in [-0.25, -0.2) is 9.67 Å². The first-order valence-electron chi connectivity index (χ1n) is 3.58. The van der Waals surface area contributed by atoms with Gasteiger partial charge in [-0.2, -0.15) is 10.3 Å². The Morgan fingerprint density at radius 1 is 1.62 bits per heavy atom. The molecular formula is C5H7N7S. The minimum absolute atomic E-state index is 0.396. The van der Waals surface area contributed by atoms with E-state index >= 15 is 0 Å². The van der Waals surface area contributed by atoms with Crippen molar-refractivity contribution < 1.29 is 0 Å². The van der Waals surface area contributed by atoms with Gasteiger partial charge in [0, 0.05) is 7.05 Å². The Bertz CT molecular complexity index is 451. The standard InChI is InChI=1S/C5H7N7S/c1-11-3-6-4(8-11)2-12-5(13)7-9-10-12/h3H,2H2,1H3,(H,7,10,13). The highest BCUT2D eigenvalue weighted by atomic mass is 32.1. The topological polar surface area (TPSA) is 77.2 Å². The number of aromatic nitrogens is 7. The normalized spacial score (nSPS) is 10.5. The van der Waals surface area contributed by atoms with Crippen molar-refractivity contribution in [3.8, 4) is 0 Å². The average molecular weight is 197 g/mol. The molecule has 0 saturated heterocycles. The molecule has 2 rings (SSSR count). The number of H-pyrrole nitrogens is 1. The van der Waals surface area contributed by atoms with Gasteiger partial charge in [0.05, 0.1) is 0 Å². The monoisotopic (exact) mass is 197 g/mol. The average Bonchev–Trinajstić information content (AvgIpc) is 2.64. The molecule has 0 aliphatic rings. The van der Waals surface area contributed by atoms with Crippen LogP contribution in [-0.2, 0) is 13.6 Å². The quantitative estimate of drug-likeness (QED) is 0.657. The van der Waals surface area contributed by atoms with Gasteiger partial charge in [0.25, 0.3) is 0 Å². The SMILES string of the molecule is Cn1cnc(Cn2[nH]nnc2=S)n1. The zero-order valence-electron chi connectivity index (χ0n) is 6.88. The molecule has 1 N–H and O–H groups in total. The number of tetrazole rings is 1. The third kappa shape index (κ3) is 1.61. The minimum atomic E-state index is 0.396. The number of nitrogens with one attached hydrogen (secondary N) is 1. The molecule has 0 aliphatic carbocycles.